The van der Waals surface area contributed by atoms with E-state index in [0.717, 1.165) is 14.7 Å². The summed E-state index contributed by atoms with van der Waals surface area (Å²) in [7, 11) is 0. The SMILES string of the molecule is C=CCn1c(=NC(=O)c2cccc(Br)c2)sc2cc(C)ccc21. The quantitative estimate of drug-likeness (QED) is 0.600. The fourth-order valence-electron chi connectivity index (χ4n) is 2.34. The summed E-state index contributed by atoms with van der Waals surface area (Å²) in [5.74, 6) is -0.243. The molecule has 1 heterocycles. The molecule has 0 saturated carbocycles. The number of hydrogen-bond acceptors (Lipinski definition) is 2. The van der Waals surface area contributed by atoms with Crippen LogP contribution in [0.5, 0.6) is 0 Å². The van der Waals surface area contributed by atoms with Crippen molar-refractivity contribution in [2.45, 2.75) is 13.5 Å². The fraction of sp³-hybridized carbons (Fsp3) is 0.111. The van der Waals surface area contributed by atoms with E-state index in [1.54, 1.807) is 12.1 Å². The molecular weight excluding hydrogens is 372 g/mol. The molecule has 0 atom stereocenters. The van der Waals surface area contributed by atoms with Crippen molar-refractivity contribution in [2.75, 3.05) is 0 Å². The molecule has 1 amide bonds. The standard InChI is InChI=1S/C18H15BrN2OS/c1-3-9-21-15-8-7-12(2)10-16(15)23-18(21)20-17(22)13-5-4-6-14(19)11-13/h3-8,10-11H,1,9H2,2H3. The largest absolute Gasteiger partial charge is 0.312 e. The van der Waals surface area contributed by atoms with Gasteiger partial charge < -0.3 is 4.57 Å². The van der Waals surface area contributed by atoms with E-state index in [4.69, 9.17) is 0 Å². The van der Waals surface area contributed by atoms with Gasteiger partial charge in [0.1, 0.15) is 0 Å². The summed E-state index contributed by atoms with van der Waals surface area (Å²) < 4.78 is 4.00. The molecule has 0 aliphatic carbocycles. The summed E-state index contributed by atoms with van der Waals surface area (Å²) in [4.78, 5) is 17.5. The van der Waals surface area contributed by atoms with E-state index in [-0.39, 0.29) is 5.91 Å². The predicted molar refractivity (Wildman–Crippen MR) is 98.8 cm³/mol. The molecule has 3 rings (SSSR count). The van der Waals surface area contributed by atoms with Crippen LogP contribution in [-0.2, 0) is 6.54 Å². The Bertz CT molecular complexity index is 969. The Hall–Kier alpha value is -1.98. The topological polar surface area (TPSA) is 34.4 Å². The average Bonchev–Trinajstić information content (AvgIpc) is 2.84. The molecule has 0 saturated heterocycles. The number of carbonyl (C=O) groups is 1. The van der Waals surface area contributed by atoms with E-state index in [9.17, 15) is 4.79 Å². The lowest BCUT2D eigenvalue weighted by Gasteiger charge is -2.01. The summed E-state index contributed by atoms with van der Waals surface area (Å²) in [6.45, 7) is 6.48. The van der Waals surface area contributed by atoms with Crippen LogP contribution < -0.4 is 4.80 Å². The van der Waals surface area contributed by atoms with Crippen LogP contribution in [0.4, 0.5) is 0 Å². The van der Waals surface area contributed by atoms with Gasteiger partial charge in [0.2, 0.25) is 0 Å². The van der Waals surface area contributed by atoms with Crippen molar-refractivity contribution in [2.24, 2.45) is 4.99 Å². The minimum absolute atomic E-state index is 0.243. The highest BCUT2D eigenvalue weighted by Gasteiger charge is 2.09. The second kappa shape index (κ2) is 6.64. The number of aryl methyl sites for hydroxylation is 1. The highest BCUT2D eigenvalue weighted by Crippen LogP contribution is 2.19. The van der Waals surface area contributed by atoms with Gasteiger partial charge in [-0.05, 0) is 42.8 Å². The molecule has 0 spiro atoms. The zero-order valence-corrected chi connectivity index (χ0v) is 15.0. The van der Waals surface area contributed by atoms with Gasteiger partial charge in [-0.3, -0.25) is 4.79 Å². The molecule has 1 aromatic heterocycles. The van der Waals surface area contributed by atoms with Crippen molar-refractivity contribution in [3.63, 3.8) is 0 Å². The number of thiazole rings is 1. The van der Waals surface area contributed by atoms with Crippen molar-refractivity contribution in [1.82, 2.24) is 4.57 Å². The second-order valence-electron chi connectivity index (χ2n) is 5.18. The monoisotopic (exact) mass is 386 g/mol. The van der Waals surface area contributed by atoms with E-state index in [1.807, 2.05) is 22.8 Å². The van der Waals surface area contributed by atoms with Crippen LogP contribution in [-0.4, -0.2) is 10.5 Å². The fourth-order valence-corrected chi connectivity index (χ4v) is 3.88. The summed E-state index contributed by atoms with van der Waals surface area (Å²) in [5, 5.41) is 0. The smallest absolute Gasteiger partial charge is 0.279 e. The highest BCUT2D eigenvalue weighted by atomic mass is 79.9. The molecule has 0 unspecified atom stereocenters. The number of hydrogen-bond donors (Lipinski definition) is 0. The predicted octanol–water partition coefficient (Wildman–Crippen LogP) is 4.70. The lowest BCUT2D eigenvalue weighted by atomic mass is 10.2. The first-order valence-corrected chi connectivity index (χ1v) is 8.75. The third-order valence-corrected chi connectivity index (χ3v) is 4.95. The summed E-state index contributed by atoms with van der Waals surface area (Å²) in [6, 6.07) is 13.5. The number of aromatic nitrogens is 1. The van der Waals surface area contributed by atoms with Crippen molar-refractivity contribution in [3.8, 4) is 0 Å². The molecule has 23 heavy (non-hydrogen) atoms. The zero-order valence-electron chi connectivity index (χ0n) is 12.6. The molecule has 0 fully saturated rings. The number of nitrogens with zero attached hydrogens (tertiary/aromatic N) is 2. The van der Waals surface area contributed by atoms with Crippen LogP contribution in [0, 0.1) is 6.92 Å². The Morgan fingerprint density at radius 2 is 2.17 bits per heavy atom. The first kappa shape index (κ1) is 15.9. The molecule has 2 aromatic carbocycles. The Morgan fingerprint density at radius 1 is 1.35 bits per heavy atom. The number of fused-ring (bicyclic) bond motifs is 1. The molecule has 0 N–H and O–H groups in total. The van der Waals surface area contributed by atoms with E-state index >= 15 is 0 Å². The molecular formula is C18H15BrN2OS. The van der Waals surface area contributed by atoms with Gasteiger partial charge in [-0.15, -0.1) is 6.58 Å². The third-order valence-electron chi connectivity index (χ3n) is 3.42. The van der Waals surface area contributed by atoms with Crippen molar-refractivity contribution < 1.29 is 4.79 Å². The summed E-state index contributed by atoms with van der Waals surface area (Å²) in [5.41, 5.74) is 2.83. The van der Waals surface area contributed by atoms with Crippen LogP contribution in [0.2, 0.25) is 0 Å². The molecule has 3 nitrogen and oxygen atoms in total. The van der Waals surface area contributed by atoms with E-state index in [1.165, 1.54) is 16.9 Å². The number of benzene rings is 2. The van der Waals surface area contributed by atoms with Gasteiger partial charge in [-0.25, -0.2) is 0 Å². The van der Waals surface area contributed by atoms with E-state index in [0.29, 0.717) is 16.9 Å². The summed E-state index contributed by atoms with van der Waals surface area (Å²) >= 11 is 4.90. The number of rotatable bonds is 3. The Morgan fingerprint density at radius 3 is 2.91 bits per heavy atom. The first-order chi connectivity index (χ1) is 11.1. The molecule has 3 aromatic rings. The maximum atomic E-state index is 12.4. The Labute approximate surface area is 146 Å². The highest BCUT2D eigenvalue weighted by molar-refractivity contribution is 9.10. The van der Waals surface area contributed by atoms with E-state index in [2.05, 4.69) is 52.6 Å². The molecule has 0 aliphatic rings. The van der Waals surface area contributed by atoms with Gasteiger partial charge in [0, 0.05) is 16.6 Å². The lowest BCUT2D eigenvalue weighted by Crippen LogP contribution is -2.16. The van der Waals surface area contributed by atoms with Crippen LogP contribution in [0.15, 0.2) is 64.6 Å². The second-order valence-corrected chi connectivity index (χ2v) is 7.11. The van der Waals surface area contributed by atoms with Crippen LogP contribution >= 0.6 is 27.3 Å². The maximum absolute atomic E-state index is 12.4. The normalized spacial score (nSPS) is 11.8. The lowest BCUT2D eigenvalue weighted by molar-refractivity contribution is 0.0998. The average molecular weight is 387 g/mol. The molecule has 0 aliphatic heterocycles. The summed E-state index contributed by atoms with van der Waals surface area (Å²) in [6.07, 6.45) is 1.81. The van der Waals surface area contributed by atoms with Gasteiger partial charge in [0.05, 0.1) is 10.2 Å². The van der Waals surface area contributed by atoms with Gasteiger partial charge >= 0.3 is 0 Å². The number of allylic oxidation sites excluding steroid dienone is 1. The number of amides is 1. The maximum Gasteiger partial charge on any atom is 0.279 e. The Kier molecular flexibility index (Phi) is 4.59. The van der Waals surface area contributed by atoms with Crippen LogP contribution in [0.3, 0.4) is 0 Å². The van der Waals surface area contributed by atoms with Gasteiger partial charge in [0.25, 0.3) is 5.91 Å². The van der Waals surface area contributed by atoms with Gasteiger partial charge in [-0.2, -0.15) is 4.99 Å². The molecule has 5 heteroatoms. The third kappa shape index (κ3) is 3.35. The zero-order chi connectivity index (χ0) is 16.4. The molecule has 116 valence electrons. The Balaban J connectivity index is 2.16. The number of carbonyl (C=O) groups excluding carboxylic acids is 1. The van der Waals surface area contributed by atoms with Crippen LogP contribution in [0.25, 0.3) is 10.2 Å². The van der Waals surface area contributed by atoms with E-state index < -0.39 is 0 Å². The molecule has 0 radical (unpaired) electrons. The van der Waals surface area contributed by atoms with Gasteiger partial charge in [0.15, 0.2) is 4.80 Å². The first-order valence-electron chi connectivity index (χ1n) is 7.14. The van der Waals surface area contributed by atoms with Gasteiger partial charge in [-0.1, -0.05) is 45.5 Å². The number of halogens is 1. The van der Waals surface area contributed by atoms with Crippen molar-refractivity contribution in [1.29, 1.82) is 0 Å². The molecule has 0 bridgehead atoms. The van der Waals surface area contributed by atoms with Crippen LogP contribution in [0.1, 0.15) is 15.9 Å². The van der Waals surface area contributed by atoms with Crippen molar-refractivity contribution >= 4 is 43.4 Å². The van der Waals surface area contributed by atoms with Crippen molar-refractivity contribution in [3.05, 3.63) is 75.5 Å². The minimum atomic E-state index is -0.243. The minimum Gasteiger partial charge on any atom is -0.312 e.